The molecular weight excluding hydrogens is 336 g/mol. The number of hydrogen-bond acceptors (Lipinski definition) is 6. The molecule has 140 valence electrons. The van der Waals surface area contributed by atoms with E-state index in [2.05, 4.69) is 5.10 Å². The molecule has 7 nitrogen and oxygen atoms in total. The van der Waals surface area contributed by atoms with E-state index in [1.54, 1.807) is 27.0 Å². The van der Waals surface area contributed by atoms with Gasteiger partial charge in [-0.3, -0.25) is 9.59 Å². The molecule has 0 bridgehead atoms. The first-order chi connectivity index (χ1) is 12.0. The maximum atomic E-state index is 12.4. The van der Waals surface area contributed by atoms with Crippen molar-refractivity contribution in [2.45, 2.75) is 59.7 Å². The maximum Gasteiger partial charge on any atom is 0.348 e. The van der Waals surface area contributed by atoms with Crippen LogP contribution in [0.5, 0.6) is 0 Å². The Hall–Kier alpha value is -2.70. The first kappa shape index (κ1) is 19.6. The maximum absolute atomic E-state index is 12.4. The van der Waals surface area contributed by atoms with Gasteiger partial charge in [0.15, 0.2) is 0 Å². The Labute approximate surface area is 152 Å². The van der Waals surface area contributed by atoms with Crippen molar-refractivity contribution < 1.29 is 23.9 Å². The molecule has 0 saturated carbocycles. The second-order valence-corrected chi connectivity index (χ2v) is 7.26. The average Bonchev–Trinajstić information content (AvgIpc) is 2.88. The lowest BCUT2D eigenvalue weighted by Crippen LogP contribution is -2.35. The fourth-order valence-electron chi connectivity index (χ4n) is 2.76. The number of benzene rings is 1. The summed E-state index contributed by atoms with van der Waals surface area (Å²) in [4.78, 5) is 35.4. The van der Waals surface area contributed by atoms with E-state index in [9.17, 15) is 14.4 Å². The van der Waals surface area contributed by atoms with E-state index in [0.717, 1.165) is 22.0 Å². The van der Waals surface area contributed by atoms with Crippen LogP contribution in [-0.2, 0) is 25.5 Å². The van der Waals surface area contributed by atoms with Crippen LogP contribution in [0.25, 0.3) is 10.9 Å². The Morgan fingerprint density at radius 1 is 1.19 bits per heavy atom. The summed E-state index contributed by atoms with van der Waals surface area (Å²) in [6.45, 7) is 9.81. The molecule has 0 radical (unpaired) electrons. The molecule has 2 rings (SSSR count). The SMILES string of the molecule is CC(=O)O[C@H](Cc1cc(C)c2c(cnn2C(C)=O)c1)C(=O)OC(C)(C)C. The first-order valence-corrected chi connectivity index (χ1v) is 8.36. The van der Waals surface area contributed by atoms with E-state index in [1.807, 2.05) is 19.1 Å². The third kappa shape index (κ3) is 4.68. The van der Waals surface area contributed by atoms with Crippen LogP contribution in [0.2, 0.25) is 0 Å². The topological polar surface area (TPSA) is 87.5 Å². The molecule has 0 aliphatic carbocycles. The number of carbonyl (C=O) groups excluding carboxylic acids is 3. The molecule has 0 aliphatic heterocycles. The van der Waals surface area contributed by atoms with Gasteiger partial charge in [0, 0.05) is 25.7 Å². The average molecular weight is 360 g/mol. The smallest absolute Gasteiger partial charge is 0.348 e. The lowest BCUT2D eigenvalue weighted by atomic mass is 10.0. The van der Waals surface area contributed by atoms with Crippen molar-refractivity contribution in [3.63, 3.8) is 0 Å². The zero-order valence-electron chi connectivity index (χ0n) is 16.0. The second-order valence-electron chi connectivity index (χ2n) is 7.26. The van der Waals surface area contributed by atoms with E-state index < -0.39 is 23.6 Å². The molecule has 0 saturated heterocycles. The van der Waals surface area contributed by atoms with Crippen molar-refractivity contribution in [1.82, 2.24) is 9.78 Å². The number of nitrogens with zero attached hydrogens (tertiary/aromatic N) is 2. The summed E-state index contributed by atoms with van der Waals surface area (Å²) in [5, 5.41) is 4.88. The summed E-state index contributed by atoms with van der Waals surface area (Å²) < 4.78 is 11.9. The van der Waals surface area contributed by atoms with Gasteiger partial charge in [-0.05, 0) is 44.9 Å². The van der Waals surface area contributed by atoms with Crippen LogP contribution in [-0.4, -0.2) is 39.3 Å². The highest BCUT2D eigenvalue weighted by Crippen LogP contribution is 2.23. The van der Waals surface area contributed by atoms with E-state index >= 15 is 0 Å². The molecule has 1 heterocycles. The lowest BCUT2D eigenvalue weighted by molar-refractivity contribution is -0.174. The number of fused-ring (bicyclic) bond motifs is 1. The molecule has 26 heavy (non-hydrogen) atoms. The van der Waals surface area contributed by atoms with Crippen LogP contribution in [0.3, 0.4) is 0 Å². The molecule has 0 spiro atoms. The predicted molar refractivity (Wildman–Crippen MR) is 95.9 cm³/mol. The zero-order valence-corrected chi connectivity index (χ0v) is 16.0. The third-order valence-electron chi connectivity index (χ3n) is 3.61. The van der Waals surface area contributed by atoms with Crippen molar-refractivity contribution in [2.75, 3.05) is 0 Å². The van der Waals surface area contributed by atoms with Crippen LogP contribution in [0.15, 0.2) is 18.3 Å². The van der Waals surface area contributed by atoms with E-state index in [1.165, 1.54) is 18.5 Å². The summed E-state index contributed by atoms with van der Waals surface area (Å²) in [6.07, 6.45) is 0.740. The highest BCUT2D eigenvalue weighted by Gasteiger charge is 2.28. The van der Waals surface area contributed by atoms with Crippen LogP contribution >= 0.6 is 0 Å². The van der Waals surface area contributed by atoms with E-state index in [4.69, 9.17) is 9.47 Å². The number of esters is 2. The van der Waals surface area contributed by atoms with Gasteiger partial charge in [0.2, 0.25) is 12.0 Å². The largest absolute Gasteiger partial charge is 0.457 e. The Bertz CT molecular complexity index is 861. The monoisotopic (exact) mass is 360 g/mol. The first-order valence-electron chi connectivity index (χ1n) is 8.36. The molecule has 0 unspecified atom stereocenters. The molecule has 1 aromatic carbocycles. The summed E-state index contributed by atoms with van der Waals surface area (Å²) in [7, 11) is 0. The van der Waals surface area contributed by atoms with Crippen molar-refractivity contribution >= 4 is 28.7 Å². The molecule has 0 amide bonds. The van der Waals surface area contributed by atoms with Crippen molar-refractivity contribution in [1.29, 1.82) is 0 Å². The van der Waals surface area contributed by atoms with Gasteiger partial charge in [0.25, 0.3) is 0 Å². The molecule has 1 atom stereocenters. The molecule has 0 fully saturated rings. The number of aryl methyl sites for hydroxylation is 1. The summed E-state index contributed by atoms with van der Waals surface area (Å²) in [5.74, 6) is -1.32. The number of ether oxygens (including phenoxy) is 2. The van der Waals surface area contributed by atoms with Gasteiger partial charge in [-0.15, -0.1) is 0 Å². The molecule has 7 heteroatoms. The van der Waals surface area contributed by atoms with Gasteiger partial charge in [0.1, 0.15) is 5.60 Å². The summed E-state index contributed by atoms with van der Waals surface area (Å²) in [5.41, 5.74) is 1.67. The summed E-state index contributed by atoms with van der Waals surface area (Å²) in [6, 6.07) is 3.68. The zero-order chi connectivity index (χ0) is 19.6. The highest BCUT2D eigenvalue weighted by molar-refractivity contribution is 5.92. The third-order valence-corrected chi connectivity index (χ3v) is 3.61. The Kier molecular flexibility index (Phi) is 5.49. The van der Waals surface area contributed by atoms with E-state index in [-0.39, 0.29) is 12.3 Å². The van der Waals surface area contributed by atoms with Gasteiger partial charge in [-0.25, -0.2) is 9.48 Å². The van der Waals surface area contributed by atoms with Gasteiger partial charge < -0.3 is 9.47 Å². The lowest BCUT2D eigenvalue weighted by Gasteiger charge is -2.24. The fourth-order valence-corrected chi connectivity index (χ4v) is 2.76. The number of rotatable bonds is 4. The Morgan fingerprint density at radius 3 is 2.38 bits per heavy atom. The molecule has 0 N–H and O–H groups in total. The van der Waals surface area contributed by atoms with Crippen molar-refractivity contribution in [3.8, 4) is 0 Å². The predicted octanol–water partition coefficient (Wildman–Crippen LogP) is 2.82. The summed E-state index contributed by atoms with van der Waals surface area (Å²) >= 11 is 0. The Morgan fingerprint density at radius 2 is 1.85 bits per heavy atom. The minimum Gasteiger partial charge on any atom is -0.457 e. The highest BCUT2D eigenvalue weighted by atomic mass is 16.6. The quantitative estimate of drug-likeness (QED) is 0.779. The van der Waals surface area contributed by atoms with Crippen LogP contribution in [0.4, 0.5) is 0 Å². The van der Waals surface area contributed by atoms with Gasteiger partial charge in [0.05, 0.1) is 11.7 Å². The van der Waals surface area contributed by atoms with Crippen LogP contribution in [0.1, 0.15) is 50.5 Å². The Balaban J connectivity index is 2.34. The normalized spacial score (nSPS) is 12.7. The molecule has 1 aromatic heterocycles. The number of carbonyl (C=O) groups is 3. The molecular formula is C19H24N2O5. The second kappa shape index (κ2) is 7.27. The minimum atomic E-state index is -1.04. The number of aromatic nitrogens is 2. The van der Waals surface area contributed by atoms with Gasteiger partial charge >= 0.3 is 11.9 Å². The molecule has 0 aliphatic rings. The van der Waals surface area contributed by atoms with Crippen LogP contribution in [0, 0.1) is 6.92 Å². The number of hydrogen-bond donors (Lipinski definition) is 0. The molecule has 2 aromatic rings. The van der Waals surface area contributed by atoms with Crippen molar-refractivity contribution in [2.24, 2.45) is 0 Å². The van der Waals surface area contributed by atoms with Gasteiger partial charge in [-0.2, -0.15) is 5.10 Å². The standard InChI is InChI=1S/C19H24N2O5/c1-11-7-14(8-15-10-20-21(12(2)22)17(11)15)9-16(25-13(3)23)18(24)26-19(4,5)6/h7-8,10,16H,9H2,1-6H3/t16-/m1/s1. The van der Waals surface area contributed by atoms with Gasteiger partial charge in [-0.1, -0.05) is 6.07 Å². The van der Waals surface area contributed by atoms with E-state index in [0.29, 0.717) is 0 Å². The van der Waals surface area contributed by atoms with Crippen molar-refractivity contribution in [3.05, 3.63) is 29.5 Å². The minimum absolute atomic E-state index is 0.177. The fraction of sp³-hybridized carbons (Fsp3) is 0.474. The van der Waals surface area contributed by atoms with Crippen LogP contribution < -0.4 is 0 Å².